The van der Waals surface area contributed by atoms with Crippen molar-refractivity contribution in [1.82, 2.24) is 4.98 Å². The van der Waals surface area contributed by atoms with Crippen LogP contribution >= 0.6 is 11.6 Å². The molecule has 1 aromatic heterocycles. The molecule has 0 saturated carbocycles. The Bertz CT molecular complexity index is 827. The number of carbonyl (C=O) groups excluding carboxylic acids is 1. The highest BCUT2D eigenvalue weighted by Crippen LogP contribution is 2.24. The molecule has 0 spiro atoms. The van der Waals surface area contributed by atoms with Crippen molar-refractivity contribution >= 4 is 39.8 Å². The number of rotatable bonds is 2. The summed E-state index contributed by atoms with van der Waals surface area (Å²) in [5, 5.41) is 4.12. The van der Waals surface area contributed by atoms with E-state index in [1.165, 1.54) is 0 Å². The smallest absolute Gasteiger partial charge is 0.256 e. The monoisotopic (exact) mass is 297 g/mol. The highest BCUT2D eigenvalue weighted by molar-refractivity contribution is 6.31. The van der Waals surface area contributed by atoms with Gasteiger partial charge in [0.1, 0.15) is 0 Å². The van der Waals surface area contributed by atoms with E-state index in [1.54, 1.807) is 30.5 Å². The second-order valence-corrected chi connectivity index (χ2v) is 5.00. The largest absolute Gasteiger partial charge is 0.397 e. The van der Waals surface area contributed by atoms with Crippen LogP contribution in [0.2, 0.25) is 5.02 Å². The van der Waals surface area contributed by atoms with Crippen LogP contribution in [0.25, 0.3) is 10.9 Å². The summed E-state index contributed by atoms with van der Waals surface area (Å²) < 4.78 is 0. The Morgan fingerprint density at radius 1 is 1.14 bits per heavy atom. The summed E-state index contributed by atoms with van der Waals surface area (Å²) in [7, 11) is 0. The first-order valence-electron chi connectivity index (χ1n) is 6.35. The van der Waals surface area contributed by atoms with E-state index in [0.29, 0.717) is 22.0 Å². The van der Waals surface area contributed by atoms with E-state index >= 15 is 0 Å². The zero-order chi connectivity index (χ0) is 14.8. The third-order valence-corrected chi connectivity index (χ3v) is 3.39. The number of nitrogens with zero attached hydrogens (tertiary/aromatic N) is 1. The van der Waals surface area contributed by atoms with Gasteiger partial charge in [-0.2, -0.15) is 0 Å². The number of hydrogen-bond acceptors (Lipinski definition) is 3. The molecule has 2 aromatic carbocycles. The van der Waals surface area contributed by atoms with Crippen LogP contribution in [-0.2, 0) is 0 Å². The van der Waals surface area contributed by atoms with Crippen molar-refractivity contribution in [2.75, 3.05) is 11.1 Å². The lowest BCUT2D eigenvalue weighted by atomic mass is 10.1. The summed E-state index contributed by atoms with van der Waals surface area (Å²) in [6.07, 6.45) is 1.61. The number of halogens is 1. The average Bonchev–Trinajstić information content (AvgIpc) is 2.49. The third-order valence-electron chi connectivity index (χ3n) is 3.16. The molecule has 0 radical (unpaired) electrons. The summed E-state index contributed by atoms with van der Waals surface area (Å²) in [5.41, 5.74) is 8.13. The minimum absolute atomic E-state index is 0.234. The number of fused-ring (bicyclic) bond motifs is 1. The molecule has 3 rings (SSSR count). The van der Waals surface area contributed by atoms with Gasteiger partial charge in [-0.1, -0.05) is 29.8 Å². The summed E-state index contributed by atoms with van der Waals surface area (Å²) in [6, 6.07) is 14.1. The fourth-order valence-electron chi connectivity index (χ4n) is 2.13. The standard InChI is InChI=1S/C16H12ClN3O/c17-10-5-6-15(13(18)9-10)20-16(21)12-7-8-19-14-4-2-1-3-11(12)14/h1-9H,18H2,(H,20,21). The van der Waals surface area contributed by atoms with Crippen molar-refractivity contribution in [3.05, 3.63) is 65.3 Å². The lowest BCUT2D eigenvalue weighted by molar-refractivity contribution is 0.102. The number of hydrogen-bond donors (Lipinski definition) is 2. The quantitative estimate of drug-likeness (QED) is 0.708. The van der Waals surface area contributed by atoms with Crippen LogP contribution in [0, 0.1) is 0 Å². The SMILES string of the molecule is Nc1cc(Cl)ccc1NC(=O)c1ccnc2ccccc12. The van der Waals surface area contributed by atoms with E-state index in [1.807, 2.05) is 24.3 Å². The molecule has 0 unspecified atom stereocenters. The molecule has 1 amide bonds. The summed E-state index contributed by atoms with van der Waals surface area (Å²) in [4.78, 5) is 16.7. The number of nitrogen functional groups attached to an aromatic ring is 1. The van der Waals surface area contributed by atoms with Crippen LogP contribution in [-0.4, -0.2) is 10.9 Å². The van der Waals surface area contributed by atoms with E-state index in [-0.39, 0.29) is 5.91 Å². The number of nitrogens with one attached hydrogen (secondary N) is 1. The molecule has 1 heterocycles. The third kappa shape index (κ3) is 2.66. The van der Waals surface area contributed by atoms with Gasteiger partial charge in [-0.25, -0.2) is 0 Å². The molecule has 0 saturated heterocycles. The van der Waals surface area contributed by atoms with Crippen molar-refractivity contribution < 1.29 is 4.79 Å². The Kier molecular flexibility index (Phi) is 3.46. The van der Waals surface area contributed by atoms with Crippen molar-refractivity contribution in [3.8, 4) is 0 Å². The van der Waals surface area contributed by atoms with Crippen molar-refractivity contribution in [2.24, 2.45) is 0 Å². The number of amides is 1. The molecule has 0 aliphatic carbocycles. The van der Waals surface area contributed by atoms with Gasteiger partial charge in [-0.05, 0) is 30.3 Å². The van der Waals surface area contributed by atoms with Crippen molar-refractivity contribution in [1.29, 1.82) is 0 Å². The molecule has 0 aliphatic rings. The number of carbonyl (C=O) groups is 1. The van der Waals surface area contributed by atoms with Gasteiger partial charge in [0.05, 0.1) is 22.5 Å². The Morgan fingerprint density at radius 2 is 1.95 bits per heavy atom. The molecule has 0 bridgehead atoms. The number of benzene rings is 2. The molecule has 5 heteroatoms. The van der Waals surface area contributed by atoms with Gasteiger partial charge in [0.25, 0.3) is 5.91 Å². The summed E-state index contributed by atoms with van der Waals surface area (Å²) in [5.74, 6) is -0.234. The highest BCUT2D eigenvalue weighted by atomic mass is 35.5. The van der Waals surface area contributed by atoms with Crippen LogP contribution in [0.5, 0.6) is 0 Å². The van der Waals surface area contributed by atoms with Crippen LogP contribution in [0.3, 0.4) is 0 Å². The molecule has 3 aromatic rings. The molecule has 0 atom stereocenters. The normalized spacial score (nSPS) is 10.5. The molecule has 0 aliphatic heterocycles. The van der Waals surface area contributed by atoms with Gasteiger partial charge in [0.2, 0.25) is 0 Å². The first kappa shape index (κ1) is 13.4. The predicted molar refractivity (Wildman–Crippen MR) is 85.6 cm³/mol. The topological polar surface area (TPSA) is 68.0 Å². The molecule has 104 valence electrons. The van der Waals surface area contributed by atoms with Gasteiger partial charge in [0.15, 0.2) is 0 Å². The minimum Gasteiger partial charge on any atom is -0.397 e. The lowest BCUT2D eigenvalue weighted by Crippen LogP contribution is -2.13. The molecule has 4 nitrogen and oxygen atoms in total. The van der Waals surface area contributed by atoms with Crippen molar-refractivity contribution in [3.63, 3.8) is 0 Å². The van der Waals surface area contributed by atoms with E-state index in [2.05, 4.69) is 10.3 Å². The highest BCUT2D eigenvalue weighted by Gasteiger charge is 2.11. The number of aromatic nitrogens is 1. The van der Waals surface area contributed by atoms with Gasteiger partial charge >= 0.3 is 0 Å². The fourth-order valence-corrected chi connectivity index (χ4v) is 2.31. The van der Waals surface area contributed by atoms with E-state index < -0.39 is 0 Å². The van der Waals surface area contributed by atoms with Gasteiger partial charge in [-0.15, -0.1) is 0 Å². The Balaban J connectivity index is 1.97. The second-order valence-electron chi connectivity index (χ2n) is 4.56. The van der Waals surface area contributed by atoms with E-state index in [9.17, 15) is 4.79 Å². The molecular weight excluding hydrogens is 286 g/mol. The summed E-state index contributed by atoms with van der Waals surface area (Å²) in [6.45, 7) is 0. The maximum absolute atomic E-state index is 12.4. The average molecular weight is 298 g/mol. The maximum atomic E-state index is 12.4. The minimum atomic E-state index is -0.234. The second kappa shape index (κ2) is 5.42. The Morgan fingerprint density at radius 3 is 2.76 bits per heavy atom. The fraction of sp³-hybridized carbons (Fsp3) is 0. The Hall–Kier alpha value is -2.59. The lowest BCUT2D eigenvalue weighted by Gasteiger charge is -2.10. The molecule has 0 fully saturated rings. The number of nitrogens with two attached hydrogens (primary N) is 1. The van der Waals surface area contributed by atoms with Gasteiger partial charge < -0.3 is 11.1 Å². The first-order valence-corrected chi connectivity index (χ1v) is 6.73. The van der Waals surface area contributed by atoms with Crippen LogP contribution in [0.15, 0.2) is 54.7 Å². The Labute approximate surface area is 126 Å². The zero-order valence-corrected chi connectivity index (χ0v) is 11.8. The van der Waals surface area contributed by atoms with Crippen molar-refractivity contribution in [2.45, 2.75) is 0 Å². The number of anilines is 2. The van der Waals surface area contributed by atoms with Gasteiger partial charge in [-0.3, -0.25) is 9.78 Å². The van der Waals surface area contributed by atoms with Gasteiger partial charge in [0, 0.05) is 16.6 Å². The number of para-hydroxylation sites is 1. The van der Waals surface area contributed by atoms with E-state index in [4.69, 9.17) is 17.3 Å². The summed E-state index contributed by atoms with van der Waals surface area (Å²) >= 11 is 5.85. The van der Waals surface area contributed by atoms with Crippen LogP contribution < -0.4 is 11.1 Å². The maximum Gasteiger partial charge on any atom is 0.256 e. The molecule has 21 heavy (non-hydrogen) atoms. The van der Waals surface area contributed by atoms with Crippen LogP contribution in [0.1, 0.15) is 10.4 Å². The predicted octanol–water partition coefficient (Wildman–Crippen LogP) is 3.72. The molecule has 3 N–H and O–H groups in total. The zero-order valence-electron chi connectivity index (χ0n) is 11.0. The van der Waals surface area contributed by atoms with Crippen LogP contribution in [0.4, 0.5) is 11.4 Å². The van der Waals surface area contributed by atoms with E-state index in [0.717, 1.165) is 10.9 Å². The number of pyridine rings is 1. The molecular formula is C16H12ClN3O. The first-order chi connectivity index (χ1) is 10.1.